The second-order valence-electron chi connectivity index (χ2n) is 20.0. The molecule has 61 heavy (non-hydrogen) atoms. The van der Waals surface area contributed by atoms with Crippen molar-refractivity contribution < 1.29 is 41.7 Å². The summed E-state index contributed by atoms with van der Waals surface area (Å²) in [7, 11) is -2.44. The van der Waals surface area contributed by atoms with Crippen molar-refractivity contribution in [2.75, 3.05) is 32.1 Å². The Balaban J connectivity index is 1.35. The molecule has 2 atom stereocenters. The first-order valence-corrected chi connectivity index (χ1v) is 23.5. The van der Waals surface area contributed by atoms with Gasteiger partial charge in [0.2, 0.25) is 10.0 Å². The molecular weight excluding hydrogens is 815 g/mol. The van der Waals surface area contributed by atoms with E-state index in [4.69, 9.17) is 18.9 Å². The van der Waals surface area contributed by atoms with Gasteiger partial charge in [-0.1, -0.05) is 39.8 Å². The van der Waals surface area contributed by atoms with Gasteiger partial charge in [-0.3, -0.25) is 9.69 Å². The number of Topliss-reactive ketones (excluding diaryl/α,β-unsaturated/α-hetero) is 1. The van der Waals surface area contributed by atoms with E-state index in [2.05, 4.69) is 19.2 Å². The van der Waals surface area contributed by atoms with Gasteiger partial charge in [0, 0.05) is 35.0 Å². The molecule has 1 aliphatic heterocycles. The Bertz CT molecular complexity index is 2150. The summed E-state index contributed by atoms with van der Waals surface area (Å²) in [4.78, 5) is 44.6. The maximum atomic E-state index is 14.2. The van der Waals surface area contributed by atoms with E-state index in [-0.39, 0.29) is 54.0 Å². The molecule has 2 aliphatic rings. The summed E-state index contributed by atoms with van der Waals surface area (Å²) in [5.41, 5.74) is 0.697. The number of esters is 1. The molecule has 12 nitrogen and oxygen atoms in total. The highest BCUT2D eigenvalue weighted by Crippen LogP contribution is 2.43. The number of hydrogen-bond donors (Lipinski definition) is 1. The molecule has 2 aromatic carbocycles. The number of amides is 1. The minimum absolute atomic E-state index is 0.00230. The van der Waals surface area contributed by atoms with Gasteiger partial charge >= 0.3 is 12.1 Å². The van der Waals surface area contributed by atoms with Gasteiger partial charge < -0.3 is 24.3 Å². The Morgan fingerprint density at radius 3 is 2.15 bits per heavy atom. The molecule has 0 radical (unpaired) electrons. The third-order valence-electron chi connectivity index (χ3n) is 10.7. The van der Waals surface area contributed by atoms with Gasteiger partial charge in [0.05, 0.1) is 36.3 Å². The fourth-order valence-corrected chi connectivity index (χ4v) is 11.0. The fourth-order valence-electron chi connectivity index (χ4n) is 8.00. The topological polar surface area (TPSA) is 141 Å². The van der Waals surface area contributed by atoms with Crippen molar-refractivity contribution >= 4 is 44.9 Å². The lowest BCUT2D eigenvalue weighted by molar-refractivity contribution is -0.116. The van der Waals surface area contributed by atoms with Crippen LogP contribution in [0.3, 0.4) is 0 Å². The monoisotopic (exact) mass is 881 g/mol. The summed E-state index contributed by atoms with van der Waals surface area (Å²) < 4.78 is 53.4. The summed E-state index contributed by atoms with van der Waals surface area (Å²) in [6.45, 7) is 23.2. The standard InChI is InChI=1S/C47H67N3O9S2/c1-30(2)28-49(61(54,55)35-20-18-34(56-13)19-21-35)29-38-37(50(47(11,12)57-38)43(53)59-45(6,7)8)24-31-14-16-32(17-15-31)48-27-33(51)25-40-41(42(52)58-44(3,4)5)36-26-46(9,10)23-22-39(36)60-40/h14-21,30,37-38,48H,22-29H2,1-13H3/t37-,38+/m0/s1. The molecule has 0 saturated carbocycles. The zero-order valence-corrected chi connectivity index (χ0v) is 40.0. The minimum atomic E-state index is -3.96. The molecule has 2 heterocycles. The van der Waals surface area contributed by atoms with Crippen molar-refractivity contribution in [2.24, 2.45) is 11.3 Å². The molecule has 1 aliphatic carbocycles. The van der Waals surface area contributed by atoms with E-state index < -0.39 is 45.2 Å². The average molecular weight is 882 g/mol. The van der Waals surface area contributed by atoms with Gasteiger partial charge in [-0.2, -0.15) is 4.31 Å². The number of carbonyl (C=O) groups is 3. The van der Waals surface area contributed by atoms with Crippen LogP contribution in [-0.2, 0) is 54.7 Å². The molecule has 0 spiro atoms. The molecular formula is C47H67N3O9S2. The first-order valence-electron chi connectivity index (χ1n) is 21.2. The molecule has 0 bridgehead atoms. The van der Waals surface area contributed by atoms with E-state index in [1.165, 1.54) is 28.4 Å². The minimum Gasteiger partial charge on any atom is -0.497 e. The van der Waals surface area contributed by atoms with Crippen LogP contribution in [0.25, 0.3) is 0 Å². The lowest BCUT2D eigenvalue weighted by atomic mass is 9.76. The fraction of sp³-hybridized carbons (Fsp3) is 0.596. The second kappa shape index (κ2) is 18.4. The number of thiophene rings is 1. The Labute approximate surface area is 367 Å². The number of anilines is 1. The number of rotatable bonds is 15. The zero-order chi connectivity index (χ0) is 45.3. The largest absolute Gasteiger partial charge is 0.497 e. The molecule has 5 rings (SSSR count). The quantitative estimate of drug-likeness (QED) is 0.147. The van der Waals surface area contributed by atoms with E-state index in [1.54, 1.807) is 63.0 Å². The molecule has 1 aromatic heterocycles. The summed E-state index contributed by atoms with van der Waals surface area (Å²) in [6.07, 6.45) is 1.88. The van der Waals surface area contributed by atoms with Gasteiger partial charge in [0.15, 0.2) is 5.78 Å². The number of nitrogens with one attached hydrogen (secondary N) is 1. The summed E-state index contributed by atoms with van der Waals surface area (Å²) in [5.74, 6) is 0.128. The van der Waals surface area contributed by atoms with Crippen molar-refractivity contribution in [3.8, 4) is 5.75 Å². The summed E-state index contributed by atoms with van der Waals surface area (Å²) in [5, 5.41) is 3.25. The third kappa shape index (κ3) is 12.4. The lowest BCUT2D eigenvalue weighted by Gasteiger charge is -2.35. The van der Waals surface area contributed by atoms with E-state index >= 15 is 0 Å². The zero-order valence-electron chi connectivity index (χ0n) is 38.4. The first kappa shape index (κ1) is 48.1. The molecule has 3 aromatic rings. The van der Waals surface area contributed by atoms with Gasteiger partial charge in [-0.05, 0) is 140 Å². The number of benzene rings is 2. The van der Waals surface area contributed by atoms with Gasteiger partial charge in [-0.25, -0.2) is 18.0 Å². The Kier molecular flexibility index (Phi) is 14.5. The van der Waals surface area contributed by atoms with Crippen LogP contribution in [0.4, 0.5) is 10.5 Å². The number of hydrogen-bond acceptors (Lipinski definition) is 11. The number of sulfonamides is 1. The number of carbonyl (C=O) groups excluding carboxylic acids is 3. The van der Waals surface area contributed by atoms with Crippen molar-refractivity contribution in [3.63, 3.8) is 0 Å². The highest BCUT2D eigenvalue weighted by molar-refractivity contribution is 7.89. The predicted octanol–water partition coefficient (Wildman–Crippen LogP) is 9.08. The van der Waals surface area contributed by atoms with Crippen LogP contribution in [0.2, 0.25) is 0 Å². The second-order valence-corrected chi connectivity index (χ2v) is 23.2. The van der Waals surface area contributed by atoms with Crippen LogP contribution in [0, 0.1) is 11.3 Å². The maximum Gasteiger partial charge on any atom is 0.412 e. The van der Waals surface area contributed by atoms with Gasteiger partial charge in [0.25, 0.3) is 0 Å². The number of fused-ring (bicyclic) bond motifs is 1. The number of nitrogens with zero attached hydrogens (tertiary/aromatic N) is 2. The molecule has 1 amide bonds. The van der Waals surface area contributed by atoms with Crippen molar-refractivity contribution in [1.29, 1.82) is 0 Å². The highest BCUT2D eigenvalue weighted by Gasteiger charge is 2.52. The average Bonchev–Trinajstić information content (AvgIpc) is 3.60. The number of aryl methyl sites for hydroxylation is 1. The van der Waals surface area contributed by atoms with Crippen LogP contribution in [0.15, 0.2) is 53.4 Å². The van der Waals surface area contributed by atoms with E-state index in [9.17, 15) is 22.8 Å². The predicted molar refractivity (Wildman–Crippen MR) is 240 cm³/mol. The van der Waals surface area contributed by atoms with Crippen LogP contribution in [0.1, 0.15) is 121 Å². The van der Waals surface area contributed by atoms with Crippen LogP contribution >= 0.6 is 11.3 Å². The number of ether oxygens (including phenoxy) is 4. The summed E-state index contributed by atoms with van der Waals surface area (Å²) >= 11 is 1.56. The Morgan fingerprint density at radius 2 is 1.57 bits per heavy atom. The molecule has 14 heteroatoms. The van der Waals surface area contributed by atoms with Crippen LogP contribution in [0.5, 0.6) is 5.75 Å². The number of ketones is 1. The first-order chi connectivity index (χ1) is 28.2. The Morgan fingerprint density at radius 1 is 0.951 bits per heavy atom. The number of methoxy groups -OCH3 is 1. The molecule has 336 valence electrons. The highest BCUT2D eigenvalue weighted by atomic mass is 32.2. The van der Waals surface area contributed by atoms with E-state index in [0.717, 1.165) is 41.0 Å². The Hall–Kier alpha value is -3.98. The third-order valence-corrected chi connectivity index (χ3v) is 13.9. The molecule has 1 N–H and O–H groups in total. The van der Waals surface area contributed by atoms with Crippen molar-refractivity contribution in [2.45, 2.75) is 149 Å². The van der Waals surface area contributed by atoms with Crippen LogP contribution < -0.4 is 10.1 Å². The maximum absolute atomic E-state index is 14.2. The molecule has 0 unspecified atom stereocenters. The lowest BCUT2D eigenvalue weighted by Crippen LogP contribution is -2.52. The van der Waals surface area contributed by atoms with Gasteiger partial charge in [0.1, 0.15) is 22.7 Å². The van der Waals surface area contributed by atoms with Crippen LogP contribution in [-0.4, -0.2) is 91.3 Å². The van der Waals surface area contributed by atoms with E-state index in [0.29, 0.717) is 17.7 Å². The van der Waals surface area contributed by atoms with E-state index in [1.807, 2.05) is 58.9 Å². The summed E-state index contributed by atoms with van der Waals surface area (Å²) in [6, 6.07) is 13.3. The SMILES string of the molecule is COc1ccc(S(=O)(=O)N(CC(C)C)C[C@H]2OC(C)(C)N(C(=O)OC(C)(C)C)[C@H]2Cc2ccc(NCC(=O)Cc3sc4c(c3C(=O)OC(C)(C)C)CC(C)(C)CC4)cc2)cc1. The van der Waals surface area contributed by atoms with Crippen molar-refractivity contribution in [3.05, 3.63) is 75.0 Å². The smallest absolute Gasteiger partial charge is 0.412 e. The van der Waals surface area contributed by atoms with Crippen molar-refractivity contribution in [1.82, 2.24) is 9.21 Å². The molecule has 1 fully saturated rings. The normalized spacial score (nSPS) is 18.8. The van der Waals surface area contributed by atoms with Gasteiger partial charge in [-0.15, -0.1) is 11.3 Å². The molecule has 1 saturated heterocycles.